The van der Waals surface area contributed by atoms with Crippen LogP contribution in [0.15, 0.2) is 54.6 Å². The number of hydrogen-bond donors (Lipinski definition) is 2. The Labute approximate surface area is 195 Å². The lowest BCUT2D eigenvalue weighted by Crippen LogP contribution is -2.38. The van der Waals surface area contributed by atoms with Crippen LogP contribution in [0.5, 0.6) is 5.75 Å². The van der Waals surface area contributed by atoms with Crippen LogP contribution in [0.3, 0.4) is 0 Å². The Hall–Kier alpha value is -2.65. The van der Waals surface area contributed by atoms with Gasteiger partial charge in [-0.15, -0.1) is 0 Å². The number of aliphatic hydroxyl groups is 1. The highest BCUT2D eigenvalue weighted by Gasteiger charge is 2.18. The fourth-order valence-corrected chi connectivity index (χ4v) is 4.15. The Morgan fingerprint density at radius 1 is 1.00 bits per heavy atom. The van der Waals surface area contributed by atoms with E-state index >= 15 is 0 Å². The largest absolute Gasteiger partial charge is 0.491 e. The Bertz CT molecular complexity index is 817. The molecule has 180 valence electrons. The second-order valence-electron chi connectivity index (χ2n) is 8.24. The molecule has 2 aromatic rings. The summed E-state index contributed by atoms with van der Waals surface area (Å²) in [6, 6.07) is 18.6. The molecule has 0 bridgehead atoms. The van der Waals surface area contributed by atoms with Gasteiger partial charge >= 0.3 is 0 Å². The van der Waals surface area contributed by atoms with Crippen molar-refractivity contribution in [2.75, 3.05) is 57.4 Å². The van der Waals surface area contributed by atoms with E-state index in [0.29, 0.717) is 13.2 Å². The molecular formula is C25H35N3O5. The maximum Gasteiger partial charge on any atom is 0.290 e. The van der Waals surface area contributed by atoms with E-state index in [-0.39, 0.29) is 6.47 Å². The number of ether oxygens (including phenoxy) is 1. The topological polar surface area (TPSA) is 85.7 Å². The van der Waals surface area contributed by atoms with Gasteiger partial charge in [-0.25, -0.2) is 0 Å². The highest BCUT2D eigenvalue weighted by Crippen LogP contribution is 2.18. The molecule has 2 saturated heterocycles. The van der Waals surface area contributed by atoms with Crippen molar-refractivity contribution >= 4 is 12.2 Å². The number of nitrogens with zero attached hydrogens (tertiary/aromatic N) is 3. The molecule has 8 heteroatoms. The molecule has 0 radical (unpaired) electrons. The Kier molecular flexibility index (Phi) is 10.4. The van der Waals surface area contributed by atoms with Crippen molar-refractivity contribution in [2.45, 2.75) is 25.5 Å². The first-order chi connectivity index (χ1) is 16.2. The van der Waals surface area contributed by atoms with Crippen LogP contribution in [0.2, 0.25) is 0 Å². The number of benzene rings is 2. The van der Waals surface area contributed by atoms with Crippen molar-refractivity contribution in [1.82, 2.24) is 9.96 Å². The maximum atomic E-state index is 10.5. The summed E-state index contributed by atoms with van der Waals surface area (Å²) >= 11 is 0. The molecule has 2 heterocycles. The zero-order valence-electron chi connectivity index (χ0n) is 19.1. The Morgan fingerprint density at radius 2 is 1.82 bits per heavy atom. The molecule has 0 aromatic heterocycles. The van der Waals surface area contributed by atoms with Crippen LogP contribution in [-0.2, 0) is 16.2 Å². The normalized spacial score (nSPS) is 18.2. The molecule has 2 aromatic carbocycles. The lowest BCUT2D eigenvalue weighted by Gasteiger charge is -2.25. The van der Waals surface area contributed by atoms with Gasteiger partial charge in [-0.05, 0) is 49.2 Å². The molecule has 1 unspecified atom stereocenters. The molecule has 0 aliphatic carbocycles. The van der Waals surface area contributed by atoms with Crippen molar-refractivity contribution in [3.63, 3.8) is 0 Å². The van der Waals surface area contributed by atoms with Crippen LogP contribution in [-0.4, -0.2) is 85.2 Å². The van der Waals surface area contributed by atoms with Gasteiger partial charge in [-0.3, -0.25) is 14.5 Å². The smallest absolute Gasteiger partial charge is 0.290 e. The first-order valence-electron chi connectivity index (χ1n) is 11.6. The minimum atomic E-state index is -0.501. The van der Waals surface area contributed by atoms with Crippen molar-refractivity contribution in [2.24, 2.45) is 0 Å². The van der Waals surface area contributed by atoms with Crippen molar-refractivity contribution in [1.29, 1.82) is 0 Å². The van der Waals surface area contributed by atoms with Gasteiger partial charge in [-0.2, -0.15) is 5.06 Å². The summed E-state index contributed by atoms with van der Waals surface area (Å²) in [5.74, 6) is 0.803. The number of carbonyl (C=O) groups is 1. The van der Waals surface area contributed by atoms with Crippen LogP contribution in [0.25, 0.3) is 0 Å². The zero-order valence-corrected chi connectivity index (χ0v) is 19.1. The summed E-state index contributed by atoms with van der Waals surface area (Å²) < 4.78 is 5.89. The van der Waals surface area contributed by atoms with Gasteiger partial charge in [0.05, 0.1) is 6.61 Å². The van der Waals surface area contributed by atoms with Gasteiger partial charge < -0.3 is 19.8 Å². The van der Waals surface area contributed by atoms with Gasteiger partial charge in [0, 0.05) is 45.0 Å². The number of para-hydroxylation sites is 1. The highest BCUT2D eigenvalue weighted by molar-refractivity contribution is 5.46. The van der Waals surface area contributed by atoms with E-state index in [9.17, 15) is 5.11 Å². The molecule has 1 atom stereocenters. The van der Waals surface area contributed by atoms with Crippen LogP contribution < -0.4 is 9.64 Å². The fourth-order valence-electron chi connectivity index (χ4n) is 4.15. The monoisotopic (exact) mass is 457 g/mol. The van der Waals surface area contributed by atoms with E-state index in [1.54, 1.807) is 0 Å². The van der Waals surface area contributed by atoms with Gasteiger partial charge in [0.15, 0.2) is 0 Å². The second-order valence-corrected chi connectivity index (χ2v) is 8.24. The maximum absolute atomic E-state index is 10.5. The first kappa shape index (κ1) is 25.0. The predicted molar refractivity (Wildman–Crippen MR) is 127 cm³/mol. The average Bonchev–Trinajstić information content (AvgIpc) is 3.23. The molecule has 4 rings (SSSR count). The van der Waals surface area contributed by atoms with Gasteiger partial charge in [0.25, 0.3) is 6.47 Å². The van der Waals surface area contributed by atoms with Crippen LogP contribution >= 0.6 is 0 Å². The number of rotatable bonds is 8. The van der Waals surface area contributed by atoms with E-state index in [4.69, 9.17) is 19.5 Å². The van der Waals surface area contributed by atoms with Crippen LogP contribution in [0.1, 0.15) is 18.4 Å². The zero-order chi connectivity index (χ0) is 23.3. The summed E-state index contributed by atoms with van der Waals surface area (Å²) in [7, 11) is 0. The van der Waals surface area contributed by atoms with E-state index < -0.39 is 6.10 Å². The molecule has 0 saturated carbocycles. The molecule has 2 N–H and O–H groups in total. The quantitative estimate of drug-likeness (QED) is 0.585. The molecule has 2 fully saturated rings. The fraction of sp³-hybridized carbons (Fsp3) is 0.480. The number of carboxylic acid groups (broad SMARTS) is 1. The summed E-state index contributed by atoms with van der Waals surface area (Å²) in [5.41, 5.74) is 2.44. The summed E-state index contributed by atoms with van der Waals surface area (Å²) in [4.78, 5) is 18.7. The molecule has 2 aliphatic rings. The molecule has 0 amide bonds. The Balaban J connectivity index is 0.000000968. The van der Waals surface area contributed by atoms with Crippen molar-refractivity contribution in [3.05, 3.63) is 60.2 Å². The summed E-state index contributed by atoms with van der Waals surface area (Å²) in [6.45, 7) is 7.25. The van der Waals surface area contributed by atoms with E-state index in [0.717, 1.165) is 70.0 Å². The highest BCUT2D eigenvalue weighted by atomic mass is 16.7. The molecule has 0 spiro atoms. The van der Waals surface area contributed by atoms with Crippen LogP contribution in [0, 0.1) is 0 Å². The van der Waals surface area contributed by atoms with E-state index in [2.05, 4.69) is 46.2 Å². The van der Waals surface area contributed by atoms with E-state index in [1.165, 1.54) is 5.69 Å². The third kappa shape index (κ3) is 8.66. The lowest BCUT2D eigenvalue weighted by atomic mass is 10.2. The predicted octanol–water partition coefficient (Wildman–Crippen LogP) is 2.48. The Morgan fingerprint density at radius 3 is 2.58 bits per heavy atom. The summed E-state index contributed by atoms with van der Waals surface area (Å²) in [6.07, 6.45) is 1.68. The standard InChI is InChI=1S/C24H33N3O3.CH2O2/c28-23(19-25-11-5-12-26(15-14-25)22-8-2-1-3-9-22)20-29-24-10-4-7-21(17-24)18-27-13-6-16-30-27;2-1-3/h1-4,7-10,17,23,28H,5-6,11-16,18-20H2;1H,(H,2,3). The van der Waals surface area contributed by atoms with Crippen molar-refractivity contribution < 1.29 is 24.6 Å². The van der Waals surface area contributed by atoms with Gasteiger partial charge in [0.1, 0.15) is 18.5 Å². The number of β-amino-alcohol motifs (C(OH)–C–C–N with tert-alkyl or cyclic N) is 1. The first-order valence-corrected chi connectivity index (χ1v) is 11.6. The van der Waals surface area contributed by atoms with Gasteiger partial charge in [0.2, 0.25) is 0 Å². The van der Waals surface area contributed by atoms with Crippen LogP contribution in [0.4, 0.5) is 5.69 Å². The minimum absolute atomic E-state index is 0.250. The SMILES string of the molecule is O=CO.OC(COc1cccc(CN2CCCO2)c1)CN1CCCN(c2ccccc2)CC1. The number of aliphatic hydroxyl groups excluding tert-OH is 1. The van der Waals surface area contributed by atoms with Crippen molar-refractivity contribution in [3.8, 4) is 5.75 Å². The van der Waals surface area contributed by atoms with E-state index in [1.807, 2.05) is 23.3 Å². The lowest BCUT2D eigenvalue weighted by molar-refractivity contribution is -0.122. The second kappa shape index (κ2) is 13.8. The van der Waals surface area contributed by atoms with Gasteiger partial charge in [-0.1, -0.05) is 30.3 Å². The molecule has 33 heavy (non-hydrogen) atoms. The summed E-state index contributed by atoms with van der Waals surface area (Å²) in [5, 5.41) is 19.4. The third-order valence-corrected chi connectivity index (χ3v) is 5.70. The third-order valence-electron chi connectivity index (χ3n) is 5.70. The molecular weight excluding hydrogens is 422 g/mol. The molecule has 2 aliphatic heterocycles. The number of hydroxylamine groups is 2. The minimum Gasteiger partial charge on any atom is -0.491 e. The number of hydrogen-bond acceptors (Lipinski definition) is 7. The average molecular weight is 458 g/mol. The number of anilines is 1. The molecule has 8 nitrogen and oxygen atoms in total.